The van der Waals surface area contributed by atoms with Gasteiger partial charge in [0.25, 0.3) is 0 Å². The van der Waals surface area contributed by atoms with Crippen LogP contribution in [0.1, 0.15) is 18.9 Å². The third-order valence-electron chi connectivity index (χ3n) is 1.98. The maximum atomic E-state index is 13.1. The first-order chi connectivity index (χ1) is 8.02. The summed E-state index contributed by atoms with van der Waals surface area (Å²) in [4.78, 5) is 3.68. The summed E-state index contributed by atoms with van der Waals surface area (Å²) < 4.78 is 38.5. The van der Waals surface area contributed by atoms with Crippen molar-refractivity contribution in [1.82, 2.24) is 4.98 Å². The standard InChI is InChI=1S/C9H11ClF2N2OS2/c1-3-4-17(15)14(16-12)9-8(10)6(2)7(11)5-13-9/h5H,3-4H2,1-2H3. The van der Waals surface area contributed by atoms with E-state index in [2.05, 4.69) is 4.98 Å². The second-order valence-corrected chi connectivity index (χ2v) is 5.75. The second kappa shape index (κ2) is 6.51. The molecule has 0 aliphatic heterocycles. The first-order valence-electron chi connectivity index (χ1n) is 4.80. The molecule has 1 aromatic rings. The Hall–Kier alpha value is -0.400. The molecule has 0 bridgehead atoms. The van der Waals surface area contributed by atoms with Crippen molar-refractivity contribution in [2.24, 2.45) is 0 Å². The molecule has 1 unspecified atom stereocenters. The van der Waals surface area contributed by atoms with Gasteiger partial charge in [-0.3, -0.25) is 0 Å². The highest BCUT2D eigenvalue weighted by atomic mass is 35.5. The van der Waals surface area contributed by atoms with Crippen LogP contribution in [-0.4, -0.2) is 14.9 Å². The highest BCUT2D eigenvalue weighted by molar-refractivity contribution is 8.09. The van der Waals surface area contributed by atoms with Crippen molar-refractivity contribution in [3.05, 3.63) is 22.6 Å². The third kappa shape index (κ3) is 3.29. The Kier molecular flexibility index (Phi) is 5.61. The number of rotatable bonds is 5. The van der Waals surface area contributed by atoms with Crippen LogP contribution < -0.4 is 3.71 Å². The van der Waals surface area contributed by atoms with E-state index in [9.17, 15) is 12.5 Å². The largest absolute Gasteiger partial charge is 0.236 e. The minimum Gasteiger partial charge on any atom is -0.236 e. The van der Waals surface area contributed by atoms with E-state index in [1.165, 1.54) is 6.92 Å². The molecule has 0 aliphatic rings. The number of halogens is 3. The van der Waals surface area contributed by atoms with E-state index >= 15 is 0 Å². The van der Waals surface area contributed by atoms with E-state index in [1.54, 1.807) is 0 Å². The van der Waals surface area contributed by atoms with Crippen LogP contribution in [-0.2, 0) is 11.0 Å². The highest BCUT2D eigenvalue weighted by Crippen LogP contribution is 2.33. The molecule has 0 fully saturated rings. The SMILES string of the molecule is CCCS(=O)N(SF)c1ncc(F)c(C)c1Cl. The summed E-state index contributed by atoms with van der Waals surface area (Å²) in [7, 11) is -1.58. The molecule has 0 radical (unpaired) electrons. The lowest BCUT2D eigenvalue weighted by Gasteiger charge is -2.17. The summed E-state index contributed by atoms with van der Waals surface area (Å²) in [6.45, 7) is 3.27. The minimum absolute atomic E-state index is 0.0233. The van der Waals surface area contributed by atoms with Crippen LogP contribution in [0.2, 0.25) is 5.02 Å². The number of aromatic nitrogens is 1. The molecule has 1 heterocycles. The van der Waals surface area contributed by atoms with Gasteiger partial charge in [-0.05, 0) is 13.3 Å². The smallest absolute Gasteiger partial charge is 0.179 e. The monoisotopic (exact) mass is 300 g/mol. The molecular formula is C9H11ClF2N2OS2. The molecule has 1 atom stereocenters. The molecular weight excluding hydrogens is 290 g/mol. The summed E-state index contributed by atoms with van der Waals surface area (Å²) in [6, 6.07) is 0. The summed E-state index contributed by atoms with van der Waals surface area (Å²) in [5.74, 6) is -0.320. The Morgan fingerprint density at radius 1 is 1.65 bits per heavy atom. The highest BCUT2D eigenvalue weighted by Gasteiger charge is 2.21. The van der Waals surface area contributed by atoms with Crippen LogP contribution in [0.25, 0.3) is 0 Å². The normalized spacial score (nSPS) is 12.5. The zero-order chi connectivity index (χ0) is 13.0. The molecule has 0 aromatic carbocycles. The van der Waals surface area contributed by atoms with Crippen molar-refractivity contribution in [2.75, 3.05) is 9.46 Å². The van der Waals surface area contributed by atoms with Crippen molar-refractivity contribution in [1.29, 1.82) is 0 Å². The first kappa shape index (κ1) is 14.7. The van der Waals surface area contributed by atoms with E-state index < -0.39 is 16.8 Å². The van der Waals surface area contributed by atoms with Crippen LogP contribution >= 0.6 is 23.9 Å². The predicted octanol–water partition coefficient (Wildman–Crippen LogP) is 3.60. The van der Waals surface area contributed by atoms with E-state index in [0.717, 1.165) is 9.91 Å². The lowest BCUT2D eigenvalue weighted by Crippen LogP contribution is -2.20. The van der Waals surface area contributed by atoms with Crippen molar-refractivity contribution >= 4 is 40.7 Å². The minimum atomic E-state index is -1.58. The van der Waals surface area contributed by atoms with Crippen LogP contribution in [0.3, 0.4) is 0 Å². The topological polar surface area (TPSA) is 33.2 Å². The number of hydrogen-bond acceptors (Lipinski definition) is 3. The number of nitrogens with zero attached hydrogens (tertiary/aromatic N) is 2. The van der Waals surface area contributed by atoms with Crippen LogP contribution in [0, 0.1) is 12.7 Å². The molecule has 1 aromatic heterocycles. The Morgan fingerprint density at radius 3 is 2.82 bits per heavy atom. The van der Waals surface area contributed by atoms with Crippen molar-refractivity contribution < 1.29 is 12.5 Å². The van der Waals surface area contributed by atoms with Crippen molar-refractivity contribution in [3.8, 4) is 0 Å². The molecule has 0 saturated carbocycles. The van der Waals surface area contributed by atoms with Gasteiger partial charge in [0.2, 0.25) is 0 Å². The summed E-state index contributed by atoms with van der Waals surface area (Å²) >= 11 is 5.62. The molecule has 0 saturated heterocycles. The Bertz CT molecular complexity index is 434. The van der Waals surface area contributed by atoms with Gasteiger partial charge in [-0.15, -0.1) is 3.89 Å². The fourth-order valence-corrected chi connectivity index (χ4v) is 2.94. The summed E-state index contributed by atoms with van der Waals surface area (Å²) in [6.07, 6.45) is 1.56. The van der Waals surface area contributed by atoms with Gasteiger partial charge in [0.1, 0.15) is 16.8 Å². The van der Waals surface area contributed by atoms with Gasteiger partial charge < -0.3 is 0 Å². The maximum Gasteiger partial charge on any atom is 0.179 e. The Balaban J connectivity index is 3.13. The zero-order valence-electron chi connectivity index (χ0n) is 9.24. The predicted molar refractivity (Wildman–Crippen MR) is 68.4 cm³/mol. The van der Waals surface area contributed by atoms with Gasteiger partial charge in [-0.1, -0.05) is 18.5 Å². The van der Waals surface area contributed by atoms with Crippen molar-refractivity contribution in [2.45, 2.75) is 20.3 Å². The van der Waals surface area contributed by atoms with E-state index in [4.69, 9.17) is 11.6 Å². The van der Waals surface area contributed by atoms with E-state index in [1.807, 2.05) is 6.92 Å². The average Bonchev–Trinajstić information content (AvgIpc) is 2.30. The Labute approximate surface area is 111 Å². The number of anilines is 1. The van der Waals surface area contributed by atoms with Crippen LogP contribution in [0.5, 0.6) is 0 Å². The molecule has 8 heteroatoms. The maximum absolute atomic E-state index is 13.1. The average molecular weight is 301 g/mol. The summed E-state index contributed by atoms with van der Waals surface area (Å²) in [5, 5.41) is -0.0281. The number of pyridine rings is 1. The van der Waals surface area contributed by atoms with Gasteiger partial charge in [0.05, 0.1) is 11.2 Å². The van der Waals surface area contributed by atoms with Crippen LogP contribution in [0.4, 0.5) is 14.1 Å². The first-order valence-corrected chi connectivity index (χ1v) is 7.13. The van der Waals surface area contributed by atoms with Gasteiger partial charge in [-0.2, -0.15) is 3.71 Å². The Morgan fingerprint density at radius 2 is 2.29 bits per heavy atom. The molecule has 3 nitrogen and oxygen atoms in total. The van der Waals surface area contributed by atoms with Crippen molar-refractivity contribution in [3.63, 3.8) is 0 Å². The molecule has 0 N–H and O–H groups in total. The molecule has 96 valence electrons. The fourth-order valence-electron chi connectivity index (χ4n) is 1.09. The lowest BCUT2D eigenvalue weighted by atomic mass is 10.3. The number of hydrogen-bond donors (Lipinski definition) is 0. The lowest BCUT2D eigenvalue weighted by molar-refractivity contribution is 0.612. The van der Waals surface area contributed by atoms with Gasteiger partial charge in [-0.25, -0.2) is 13.6 Å². The fraction of sp³-hybridized carbons (Fsp3) is 0.444. The van der Waals surface area contributed by atoms with Gasteiger partial charge >= 0.3 is 0 Å². The molecule has 17 heavy (non-hydrogen) atoms. The summed E-state index contributed by atoms with van der Waals surface area (Å²) in [5.41, 5.74) is 0.157. The molecule has 0 spiro atoms. The van der Waals surface area contributed by atoms with Crippen LogP contribution in [0.15, 0.2) is 6.20 Å². The van der Waals surface area contributed by atoms with Gasteiger partial charge in [0, 0.05) is 11.3 Å². The molecule has 0 amide bonds. The quantitative estimate of drug-likeness (QED) is 0.779. The molecule has 0 aliphatic carbocycles. The second-order valence-electron chi connectivity index (χ2n) is 3.22. The molecule has 1 rings (SSSR count). The third-order valence-corrected chi connectivity index (χ3v) is 4.70. The van der Waals surface area contributed by atoms with E-state index in [0.29, 0.717) is 6.42 Å². The van der Waals surface area contributed by atoms with E-state index in [-0.39, 0.29) is 34.5 Å². The van der Waals surface area contributed by atoms with Gasteiger partial charge in [0.15, 0.2) is 18.2 Å². The zero-order valence-corrected chi connectivity index (χ0v) is 11.6.